The second-order valence-electron chi connectivity index (χ2n) is 6.77. The quantitative estimate of drug-likeness (QED) is 0.485. The monoisotopic (exact) mass is 419 g/mol. The van der Waals surface area contributed by atoms with Crippen LogP contribution in [0.3, 0.4) is 0 Å². The average molecular weight is 420 g/mol. The van der Waals surface area contributed by atoms with Crippen LogP contribution in [0.1, 0.15) is 16.7 Å². The van der Waals surface area contributed by atoms with Gasteiger partial charge in [0.05, 0.1) is 16.2 Å². The minimum atomic E-state index is -0.309. The first-order valence-corrected chi connectivity index (χ1v) is 10.5. The Morgan fingerprint density at radius 2 is 1.48 bits per heavy atom. The van der Waals surface area contributed by atoms with E-state index >= 15 is 0 Å². The van der Waals surface area contributed by atoms with E-state index in [9.17, 15) is 9.59 Å². The molecule has 0 aliphatic carbocycles. The molecule has 0 spiro atoms. The van der Waals surface area contributed by atoms with Crippen molar-refractivity contribution in [3.8, 4) is 0 Å². The number of thioether (sulfide) groups is 1. The normalized spacial score (nSPS) is 14.1. The van der Waals surface area contributed by atoms with Crippen molar-refractivity contribution in [2.45, 2.75) is 12.7 Å². The van der Waals surface area contributed by atoms with Crippen molar-refractivity contribution in [1.82, 2.24) is 0 Å². The fourth-order valence-electron chi connectivity index (χ4n) is 3.17. The van der Waals surface area contributed by atoms with E-state index < -0.39 is 0 Å². The van der Waals surface area contributed by atoms with Gasteiger partial charge in [0.2, 0.25) is 0 Å². The molecule has 0 fully saturated rings. The van der Waals surface area contributed by atoms with Crippen LogP contribution in [0.4, 0.5) is 5.69 Å². The van der Waals surface area contributed by atoms with Crippen molar-refractivity contribution >= 4 is 46.4 Å². The van der Waals surface area contributed by atoms with E-state index in [1.807, 2.05) is 61.5 Å². The van der Waals surface area contributed by atoms with Gasteiger partial charge in [-0.3, -0.25) is 9.59 Å². The van der Waals surface area contributed by atoms with Crippen molar-refractivity contribution in [3.63, 3.8) is 0 Å². The van der Waals surface area contributed by atoms with Gasteiger partial charge in [0.15, 0.2) is 0 Å². The van der Waals surface area contributed by atoms with E-state index in [0.717, 1.165) is 16.7 Å². The lowest BCUT2D eigenvalue weighted by molar-refractivity contribution is -0.119. The maximum Gasteiger partial charge on any atom is 0.272 e. The third kappa shape index (κ3) is 4.00. The minimum Gasteiger partial charge on any atom is -0.268 e. The highest BCUT2D eigenvalue weighted by Gasteiger charge is 2.40. The first kappa shape index (κ1) is 19.5. The number of anilines is 1. The summed E-state index contributed by atoms with van der Waals surface area (Å²) < 4.78 is 0. The number of amides is 2. The predicted octanol–water partition coefficient (Wildman–Crippen LogP) is 5.87. The van der Waals surface area contributed by atoms with Gasteiger partial charge >= 0.3 is 0 Å². The number of hydrogen-bond acceptors (Lipinski definition) is 3. The molecular weight excluding hydrogens is 402 g/mol. The summed E-state index contributed by atoms with van der Waals surface area (Å²) in [5.74, 6) is 0.00417. The van der Waals surface area contributed by atoms with Gasteiger partial charge in [-0.1, -0.05) is 71.8 Å². The third-order valence-corrected chi connectivity index (χ3v) is 6.09. The van der Waals surface area contributed by atoms with Crippen molar-refractivity contribution in [3.05, 3.63) is 105 Å². The van der Waals surface area contributed by atoms with E-state index in [-0.39, 0.29) is 11.8 Å². The van der Waals surface area contributed by atoms with Crippen molar-refractivity contribution in [1.29, 1.82) is 0 Å². The zero-order chi connectivity index (χ0) is 20.4. The van der Waals surface area contributed by atoms with Gasteiger partial charge in [-0.15, -0.1) is 11.8 Å². The molecule has 0 unspecified atom stereocenters. The number of benzene rings is 3. The van der Waals surface area contributed by atoms with Gasteiger partial charge in [-0.2, -0.15) is 0 Å². The molecule has 0 N–H and O–H groups in total. The number of nitrogens with zero attached hydrogens (tertiary/aromatic N) is 1. The van der Waals surface area contributed by atoms with E-state index in [0.29, 0.717) is 26.9 Å². The average Bonchev–Trinajstić information content (AvgIpc) is 2.98. The summed E-state index contributed by atoms with van der Waals surface area (Å²) in [6, 6.07) is 24.3. The highest BCUT2D eigenvalue weighted by Crippen LogP contribution is 2.39. The second kappa shape index (κ2) is 8.27. The molecule has 0 saturated heterocycles. The SMILES string of the molecule is Cc1ccc(C2=C(SCc3ccccc3)C(=O)N(c3ccc(Cl)cc3)C2=O)cc1. The number of aryl methyl sites for hydroxylation is 1. The van der Waals surface area contributed by atoms with Crippen LogP contribution < -0.4 is 4.90 Å². The molecule has 0 atom stereocenters. The Bertz CT molecular complexity index is 1090. The zero-order valence-electron chi connectivity index (χ0n) is 15.8. The smallest absolute Gasteiger partial charge is 0.268 e. The molecule has 144 valence electrons. The molecule has 3 aromatic rings. The number of rotatable bonds is 5. The lowest BCUT2D eigenvalue weighted by Gasteiger charge is -2.15. The Hall–Kier alpha value is -2.82. The van der Waals surface area contributed by atoms with Crippen LogP contribution in [0.25, 0.3) is 5.57 Å². The summed E-state index contributed by atoms with van der Waals surface area (Å²) in [7, 11) is 0. The van der Waals surface area contributed by atoms with Crippen molar-refractivity contribution in [2.24, 2.45) is 0 Å². The van der Waals surface area contributed by atoms with Crippen molar-refractivity contribution < 1.29 is 9.59 Å². The van der Waals surface area contributed by atoms with Crippen LogP contribution in [-0.2, 0) is 15.3 Å². The van der Waals surface area contributed by atoms with E-state index in [2.05, 4.69) is 0 Å². The summed E-state index contributed by atoms with van der Waals surface area (Å²) >= 11 is 7.37. The Balaban J connectivity index is 1.74. The van der Waals surface area contributed by atoms with E-state index in [4.69, 9.17) is 11.6 Å². The molecule has 0 radical (unpaired) electrons. The summed E-state index contributed by atoms with van der Waals surface area (Å²) in [5.41, 5.74) is 3.91. The maximum atomic E-state index is 13.3. The largest absolute Gasteiger partial charge is 0.272 e. The Kier molecular flexibility index (Phi) is 5.56. The van der Waals surface area contributed by atoms with Crippen LogP contribution >= 0.6 is 23.4 Å². The van der Waals surface area contributed by atoms with Gasteiger partial charge in [0.25, 0.3) is 11.8 Å². The molecule has 1 aliphatic heterocycles. The molecule has 0 saturated carbocycles. The number of hydrogen-bond donors (Lipinski definition) is 0. The first-order valence-electron chi connectivity index (χ1n) is 9.17. The highest BCUT2D eigenvalue weighted by atomic mass is 35.5. The summed E-state index contributed by atoms with van der Waals surface area (Å²) in [6.07, 6.45) is 0. The Morgan fingerprint density at radius 1 is 0.828 bits per heavy atom. The summed E-state index contributed by atoms with van der Waals surface area (Å²) in [6.45, 7) is 1.99. The fourth-order valence-corrected chi connectivity index (χ4v) is 4.37. The second-order valence-corrected chi connectivity index (χ2v) is 8.19. The topological polar surface area (TPSA) is 37.4 Å². The summed E-state index contributed by atoms with van der Waals surface area (Å²) in [4.78, 5) is 28.3. The molecule has 3 aromatic carbocycles. The molecule has 2 amide bonds. The molecule has 1 aliphatic rings. The fraction of sp³-hybridized carbons (Fsp3) is 0.0833. The Labute approximate surface area is 179 Å². The standard InChI is InChI=1S/C24H18ClNO2S/c1-16-7-9-18(10-8-16)21-22(29-15-17-5-3-2-4-6-17)24(28)26(23(21)27)20-13-11-19(25)12-14-20/h2-14H,15H2,1H3. The maximum absolute atomic E-state index is 13.3. The van der Waals surface area contributed by atoms with Crippen LogP contribution in [-0.4, -0.2) is 11.8 Å². The number of carbonyl (C=O) groups is 2. The van der Waals surface area contributed by atoms with Gasteiger partial charge in [0, 0.05) is 10.8 Å². The first-order chi connectivity index (χ1) is 14.0. The zero-order valence-corrected chi connectivity index (χ0v) is 17.3. The van der Waals surface area contributed by atoms with Crippen LogP contribution in [0.5, 0.6) is 0 Å². The van der Waals surface area contributed by atoms with Crippen LogP contribution in [0.15, 0.2) is 83.8 Å². The lowest BCUT2D eigenvalue weighted by atomic mass is 10.0. The number of imide groups is 1. The van der Waals surface area contributed by atoms with Crippen LogP contribution in [0.2, 0.25) is 5.02 Å². The lowest BCUT2D eigenvalue weighted by Crippen LogP contribution is -2.31. The molecule has 1 heterocycles. The van der Waals surface area contributed by atoms with Gasteiger partial charge in [-0.05, 0) is 42.3 Å². The highest BCUT2D eigenvalue weighted by molar-refractivity contribution is 8.03. The predicted molar refractivity (Wildman–Crippen MR) is 120 cm³/mol. The van der Waals surface area contributed by atoms with E-state index in [1.54, 1.807) is 24.3 Å². The third-order valence-electron chi connectivity index (χ3n) is 4.69. The molecule has 4 rings (SSSR count). The van der Waals surface area contributed by atoms with Gasteiger partial charge < -0.3 is 0 Å². The van der Waals surface area contributed by atoms with Gasteiger partial charge in [0.1, 0.15) is 0 Å². The molecule has 3 nitrogen and oxygen atoms in total. The Morgan fingerprint density at radius 3 is 2.14 bits per heavy atom. The minimum absolute atomic E-state index is 0.297. The number of halogens is 1. The van der Waals surface area contributed by atoms with Crippen LogP contribution in [0, 0.1) is 6.92 Å². The van der Waals surface area contributed by atoms with Crippen molar-refractivity contribution in [2.75, 3.05) is 4.90 Å². The summed E-state index contributed by atoms with van der Waals surface area (Å²) in [5, 5.41) is 0.554. The van der Waals surface area contributed by atoms with Gasteiger partial charge in [-0.25, -0.2) is 4.90 Å². The molecule has 29 heavy (non-hydrogen) atoms. The molecule has 0 bridgehead atoms. The number of carbonyl (C=O) groups excluding carboxylic acids is 2. The molecular formula is C24H18ClNO2S. The van der Waals surface area contributed by atoms with E-state index in [1.165, 1.54) is 16.7 Å². The molecule has 0 aromatic heterocycles. The molecule has 5 heteroatoms.